The maximum atomic E-state index is 12.6. The zero-order valence-electron chi connectivity index (χ0n) is 18.9. The zero-order chi connectivity index (χ0) is 22.9. The average Bonchev–Trinajstić information content (AvgIpc) is 2.83. The third-order valence-electron chi connectivity index (χ3n) is 5.37. The van der Waals surface area contributed by atoms with Gasteiger partial charge in [-0.3, -0.25) is 4.79 Å². The molecule has 0 spiro atoms. The molecular formula is C24H31N3O5. The summed E-state index contributed by atoms with van der Waals surface area (Å²) in [6.45, 7) is 8.65. The van der Waals surface area contributed by atoms with E-state index in [0.29, 0.717) is 22.7 Å². The summed E-state index contributed by atoms with van der Waals surface area (Å²) < 4.78 is 15.8. The Morgan fingerprint density at radius 3 is 2.28 bits per heavy atom. The SMILES string of the molecule is CCOC(=O)c1ccc(N2CCN(CC)CC2)c(NC(=O)COc2ccc(OC)cc2)c1. The number of nitrogens with zero attached hydrogens (tertiary/aromatic N) is 2. The smallest absolute Gasteiger partial charge is 0.338 e. The first kappa shape index (κ1) is 23.4. The van der Waals surface area contributed by atoms with E-state index in [-0.39, 0.29) is 19.1 Å². The lowest BCUT2D eigenvalue weighted by Crippen LogP contribution is -2.46. The Kier molecular flexibility index (Phi) is 8.33. The van der Waals surface area contributed by atoms with Gasteiger partial charge in [-0.05, 0) is 55.9 Å². The van der Waals surface area contributed by atoms with Crippen LogP contribution in [-0.2, 0) is 9.53 Å². The Bertz CT molecular complexity index is 908. The minimum absolute atomic E-state index is 0.154. The third-order valence-corrected chi connectivity index (χ3v) is 5.37. The van der Waals surface area contributed by atoms with Crippen LogP contribution < -0.4 is 19.7 Å². The average molecular weight is 442 g/mol. The van der Waals surface area contributed by atoms with E-state index >= 15 is 0 Å². The van der Waals surface area contributed by atoms with E-state index in [1.54, 1.807) is 50.4 Å². The molecule has 3 rings (SSSR count). The van der Waals surface area contributed by atoms with Crippen LogP contribution in [0.5, 0.6) is 11.5 Å². The number of methoxy groups -OCH3 is 1. The van der Waals surface area contributed by atoms with E-state index in [2.05, 4.69) is 22.0 Å². The molecule has 0 aliphatic carbocycles. The maximum absolute atomic E-state index is 12.6. The van der Waals surface area contributed by atoms with Crippen LogP contribution in [-0.4, -0.2) is 69.8 Å². The summed E-state index contributed by atoms with van der Waals surface area (Å²) in [6, 6.07) is 12.3. The monoisotopic (exact) mass is 441 g/mol. The van der Waals surface area contributed by atoms with E-state index in [4.69, 9.17) is 14.2 Å². The van der Waals surface area contributed by atoms with Crippen molar-refractivity contribution in [2.24, 2.45) is 0 Å². The standard InChI is InChI=1S/C24H31N3O5/c1-4-26-12-14-27(15-13-26)22-11-6-18(24(29)31-5-2)16-21(22)25-23(28)17-32-20-9-7-19(30-3)8-10-20/h6-11,16H,4-5,12-15,17H2,1-3H3,(H,25,28). The Balaban J connectivity index is 1.72. The molecule has 1 saturated heterocycles. The highest BCUT2D eigenvalue weighted by Crippen LogP contribution is 2.29. The number of rotatable bonds is 9. The minimum atomic E-state index is -0.417. The molecule has 0 radical (unpaired) electrons. The van der Waals surface area contributed by atoms with Gasteiger partial charge in [0.05, 0.1) is 30.7 Å². The second-order valence-corrected chi connectivity index (χ2v) is 7.39. The quantitative estimate of drug-likeness (QED) is 0.599. The number of anilines is 2. The Morgan fingerprint density at radius 2 is 1.66 bits per heavy atom. The van der Waals surface area contributed by atoms with E-state index in [1.165, 1.54) is 0 Å². The normalized spacial score (nSPS) is 14.0. The lowest BCUT2D eigenvalue weighted by atomic mass is 10.1. The van der Waals surface area contributed by atoms with E-state index in [9.17, 15) is 9.59 Å². The first-order chi connectivity index (χ1) is 15.5. The summed E-state index contributed by atoms with van der Waals surface area (Å²) in [5.41, 5.74) is 1.85. The summed E-state index contributed by atoms with van der Waals surface area (Å²) in [4.78, 5) is 29.5. The fraction of sp³-hybridized carbons (Fsp3) is 0.417. The summed E-state index contributed by atoms with van der Waals surface area (Å²) in [6.07, 6.45) is 0. The molecule has 2 aromatic carbocycles. The van der Waals surface area contributed by atoms with Gasteiger partial charge in [0.25, 0.3) is 5.91 Å². The van der Waals surface area contributed by atoms with Gasteiger partial charge in [-0.15, -0.1) is 0 Å². The number of carbonyl (C=O) groups is 2. The van der Waals surface area contributed by atoms with Crippen molar-refractivity contribution in [2.45, 2.75) is 13.8 Å². The summed E-state index contributed by atoms with van der Waals surface area (Å²) >= 11 is 0. The highest BCUT2D eigenvalue weighted by molar-refractivity contribution is 5.98. The van der Waals surface area contributed by atoms with Crippen molar-refractivity contribution in [3.05, 3.63) is 48.0 Å². The number of likely N-dealkylation sites (N-methyl/N-ethyl adjacent to an activating group) is 1. The number of ether oxygens (including phenoxy) is 3. The zero-order valence-corrected chi connectivity index (χ0v) is 18.9. The predicted octanol–water partition coefficient (Wildman–Crippen LogP) is 3.03. The van der Waals surface area contributed by atoms with Crippen molar-refractivity contribution in [3.63, 3.8) is 0 Å². The largest absolute Gasteiger partial charge is 0.497 e. The number of hydrogen-bond acceptors (Lipinski definition) is 7. The van der Waals surface area contributed by atoms with Crippen LogP contribution in [0.15, 0.2) is 42.5 Å². The Labute approximate surface area is 189 Å². The number of carbonyl (C=O) groups excluding carboxylic acids is 2. The van der Waals surface area contributed by atoms with Gasteiger partial charge in [-0.1, -0.05) is 6.92 Å². The lowest BCUT2D eigenvalue weighted by molar-refractivity contribution is -0.118. The van der Waals surface area contributed by atoms with Crippen molar-refractivity contribution in [1.29, 1.82) is 0 Å². The van der Waals surface area contributed by atoms with Gasteiger partial charge in [0.1, 0.15) is 11.5 Å². The number of nitrogens with one attached hydrogen (secondary N) is 1. The summed E-state index contributed by atoms with van der Waals surface area (Å²) in [7, 11) is 1.59. The van der Waals surface area contributed by atoms with Gasteiger partial charge in [-0.25, -0.2) is 4.79 Å². The molecule has 0 unspecified atom stereocenters. The number of amides is 1. The van der Waals surface area contributed by atoms with Crippen LogP contribution in [0, 0.1) is 0 Å². The molecule has 1 fully saturated rings. The van der Waals surface area contributed by atoms with Crippen LogP contribution in [0.2, 0.25) is 0 Å². The molecule has 8 nitrogen and oxygen atoms in total. The molecule has 0 atom stereocenters. The fourth-order valence-corrected chi connectivity index (χ4v) is 3.57. The van der Waals surface area contributed by atoms with Gasteiger partial charge < -0.3 is 29.3 Å². The van der Waals surface area contributed by atoms with Crippen molar-refractivity contribution >= 4 is 23.3 Å². The molecule has 32 heavy (non-hydrogen) atoms. The number of piperazine rings is 1. The molecule has 0 bridgehead atoms. The molecule has 8 heteroatoms. The summed E-state index contributed by atoms with van der Waals surface area (Å²) in [5.74, 6) is 0.553. The van der Waals surface area contributed by atoms with Gasteiger partial charge in [0, 0.05) is 26.2 Å². The van der Waals surface area contributed by atoms with Gasteiger partial charge in [0.2, 0.25) is 0 Å². The van der Waals surface area contributed by atoms with Crippen molar-refractivity contribution in [3.8, 4) is 11.5 Å². The molecule has 0 saturated carbocycles. The van der Waals surface area contributed by atoms with E-state index in [1.807, 2.05) is 6.07 Å². The van der Waals surface area contributed by atoms with E-state index in [0.717, 1.165) is 38.4 Å². The minimum Gasteiger partial charge on any atom is -0.497 e. The predicted molar refractivity (Wildman–Crippen MR) is 124 cm³/mol. The molecule has 1 amide bonds. The van der Waals surface area contributed by atoms with Gasteiger partial charge in [0.15, 0.2) is 6.61 Å². The van der Waals surface area contributed by atoms with Crippen LogP contribution in [0.25, 0.3) is 0 Å². The van der Waals surface area contributed by atoms with Gasteiger partial charge >= 0.3 is 5.97 Å². The summed E-state index contributed by atoms with van der Waals surface area (Å²) in [5, 5.41) is 2.91. The van der Waals surface area contributed by atoms with Crippen molar-refractivity contribution < 1.29 is 23.8 Å². The number of hydrogen-bond donors (Lipinski definition) is 1. The third kappa shape index (κ3) is 6.13. The molecule has 1 aliphatic rings. The molecular weight excluding hydrogens is 410 g/mol. The highest BCUT2D eigenvalue weighted by atomic mass is 16.5. The van der Waals surface area contributed by atoms with Crippen LogP contribution in [0.3, 0.4) is 0 Å². The second kappa shape index (κ2) is 11.4. The Hall–Kier alpha value is -3.26. The van der Waals surface area contributed by atoms with Crippen molar-refractivity contribution in [2.75, 3.05) is 63.3 Å². The second-order valence-electron chi connectivity index (χ2n) is 7.39. The topological polar surface area (TPSA) is 80.3 Å². The molecule has 1 heterocycles. The molecule has 2 aromatic rings. The van der Waals surface area contributed by atoms with Crippen molar-refractivity contribution in [1.82, 2.24) is 4.90 Å². The fourth-order valence-electron chi connectivity index (χ4n) is 3.57. The lowest BCUT2D eigenvalue weighted by Gasteiger charge is -2.36. The molecule has 1 N–H and O–H groups in total. The first-order valence-corrected chi connectivity index (χ1v) is 10.9. The van der Waals surface area contributed by atoms with Gasteiger partial charge in [-0.2, -0.15) is 0 Å². The first-order valence-electron chi connectivity index (χ1n) is 10.9. The molecule has 1 aliphatic heterocycles. The number of esters is 1. The van der Waals surface area contributed by atoms with E-state index < -0.39 is 5.97 Å². The van der Waals surface area contributed by atoms with Crippen LogP contribution >= 0.6 is 0 Å². The highest BCUT2D eigenvalue weighted by Gasteiger charge is 2.21. The molecule has 0 aromatic heterocycles. The van der Waals surface area contributed by atoms with Crippen LogP contribution in [0.4, 0.5) is 11.4 Å². The Morgan fingerprint density at radius 1 is 0.969 bits per heavy atom. The number of benzene rings is 2. The van der Waals surface area contributed by atoms with Crippen LogP contribution in [0.1, 0.15) is 24.2 Å². The molecule has 172 valence electrons. The maximum Gasteiger partial charge on any atom is 0.338 e.